The van der Waals surface area contributed by atoms with Gasteiger partial charge in [0.15, 0.2) is 6.61 Å². The highest BCUT2D eigenvalue weighted by Crippen LogP contribution is 2.36. The van der Waals surface area contributed by atoms with Crippen LogP contribution in [0.5, 0.6) is 0 Å². The molecule has 1 aromatic carbocycles. The van der Waals surface area contributed by atoms with Crippen molar-refractivity contribution < 1.29 is 19.1 Å². The molecule has 32 heavy (non-hydrogen) atoms. The van der Waals surface area contributed by atoms with Gasteiger partial charge in [0.1, 0.15) is 11.1 Å². The first-order chi connectivity index (χ1) is 15.5. The minimum atomic E-state index is -0.600. The fraction of sp³-hybridized carbons (Fsp3) is 0.417. The zero-order valence-corrected chi connectivity index (χ0v) is 18.6. The van der Waals surface area contributed by atoms with Crippen LogP contribution in [0.25, 0.3) is 0 Å². The van der Waals surface area contributed by atoms with Gasteiger partial charge in [-0.25, -0.2) is 4.79 Å². The molecule has 1 aliphatic carbocycles. The third-order valence-electron chi connectivity index (χ3n) is 5.83. The van der Waals surface area contributed by atoms with Crippen molar-refractivity contribution in [1.82, 2.24) is 4.90 Å². The summed E-state index contributed by atoms with van der Waals surface area (Å²) in [5.74, 6) is -0.945. The van der Waals surface area contributed by atoms with Crippen LogP contribution < -0.4 is 5.32 Å². The summed E-state index contributed by atoms with van der Waals surface area (Å²) in [7, 11) is 0. The molecule has 2 aromatic rings. The molecule has 7 nitrogen and oxygen atoms in total. The van der Waals surface area contributed by atoms with Crippen LogP contribution in [0.3, 0.4) is 0 Å². The van der Waals surface area contributed by atoms with Gasteiger partial charge in [0, 0.05) is 24.4 Å². The topological polar surface area (TPSA) is 99.5 Å². The number of thiophene rings is 1. The monoisotopic (exact) mass is 451 g/mol. The molecule has 8 heteroatoms. The summed E-state index contributed by atoms with van der Waals surface area (Å²) in [4.78, 5) is 39.6. The molecule has 1 aliphatic heterocycles. The first-order valence-electron chi connectivity index (χ1n) is 10.9. The second kappa shape index (κ2) is 9.96. The number of fused-ring (bicyclic) bond motifs is 1. The van der Waals surface area contributed by atoms with Gasteiger partial charge < -0.3 is 15.0 Å². The first kappa shape index (κ1) is 22.0. The molecule has 2 amide bonds. The number of amides is 2. The van der Waals surface area contributed by atoms with Gasteiger partial charge in [-0.15, -0.1) is 11.3 Å². The number of aryl methyl sites for hydroxylation is 1. The van der Waals surface area contributed by atoms with Crippen LogP contribution in [0, 0.1) is 11.3 Å². The van der Waals surface area contributed by atoms with E-state index in [2.05, 4.69) is 11.4 Å². The standard InChI is InChI=1S/C24H25N3O4S/c25-13-19-18-8-2-1-3-9-20(18)32-23(19)26-21(28)15-31-24(30)17-7-4-6-16(12-17)14-27-11-5-10-22(27)29/h4,6-7,12H,1-3,5,8-11,14-15H2,(H,26,28). The second-order valence-electron chi connectivity index (χ2n) is 8.12. The Kier molecular flexibility index (Phi) is 6.86. The Hall–Kier alpha value is -3.18. The number of likely N-dealkylation sites (tertiary alicyclic amines) is 1. The number of ether oxygens (including phenoxy) is 1. The van der Waals surface area contributed by atoms with Crippen molar-refractivity contribution in [3.05, 3.63) is 51.4 Å². The summed E-state index contributed by atoms with van der Waals surface area (Å²) >= 11 is 1.45. The highest BCUT2D eigenvalue weighted by molar-refractivity contribution is 7.16. The molecule has 1 fully saturated rings. The number of carbonyl (C=O) groups is 3. The van der Waals surface area contributed by atoms with Crippen LogP contribution in [0.2, 0.25) is 0 Å². The average molecular weight is 452 g/mol. The molecular weight excluding hydrogens is 426 g/mol. The molecule has 166 valence electrons. The molecule has 0 unspecified atom stereocenters. The van der Waals surface area contributed by atoms with Crippen LogP contribution in [0.15, 0.2) is 24.3 Å². The van der Waals surface area contributed by atoms with Crippen LogP contribution in [-0.2, 0) is 33.7 Å². The Morgan fingerprint density at radius 1 is 1.16 bits per heavy atom. The third kappa shape index (κ3) is 5.00. The minimum Gasteiger partial charge on any atom is -0.452 e. The molecule has 0 atom stereocenters. The zero-order chi connectivity index (χ0) is 22.5. The van der Waals surface area contributed by atoms with Crippen LogP contribution >= 0.6 is 11.3 Å². The van der Waals surface area contributed by atoms with E-state index in [0.29, 0.717) is 29.1 Å². The second-order valence-corrected chi connectivity index (χ2v) is 9.23. The quantitative estimate of drug-likeness (QED) is 0.532. The molecule has 2 heterocycles. The summed E-state index contributed by atoms with van der Waals surface area (Å²) in [6, 6.07) is 9.14. The highest BCUT2D eigenvalue weighted by Gasteiger charge is 2.22. The molecule has 2 aliphatic rings. The number of esters is 1. The fourth-order valence-corrected chi connectivity index (χ4v) is 5.47. The number of nitrogens with zero attached hydrogens (tertiary/aromatic N) is 2. The van der Waals surface area contributed by atoms with E-state index in [1.165, 1.54) is 16.2 Å². The predicted molar refractivity (Wildman–Crippen MR) is 120 cm³/mol. The normalized spacial score (nSPS) is 15.6. The van der Waals surface area contributed by atoms with Crippen molar-refractivity contribution in [3.8, 4) is 6.07 Å². The Labute approximate surface area is 191 Å². The number of hydrogen-bond donors (Lipinski definition) is 1. The lowest BCUT2D eigenvalue weighted by Gasteiger charge is -2.15. The van der Waals surface area contributed by atoms with E-state index in [1.807, 2.05) is 6.07 Å². The lowest BCUT2D eigenvalue weighted by atomic mass is 10.1. The molecule has 0 radical (unpaired) electrons. The van der Waals surface area contributed by atoms with E-state index in [4.69, 9.17) is 4.74 Å². The van der Waals surface area contributed by atoms with Crippen molar-refractivity contribution in [3.63, 3.8) is 0 Å². The smallest absolute Gasteiger partial charge is 0.338 e. The van der Waals surface area contributed by atoms with Gasteiger partial charge >= 0.3 is 5.97 Å². The Bertz CT molecular complexity index is 1090. The fourth-order valence-electron chi connectivity index (χ4n) is 4.21. The van der Waals surface area contributed by atoms with Gasteiger partial charge in [0.25, 0.3) is 5.91 Å². The molecule has 0 saturated carbocycles. The maximum atomic E-state index is 12.4. The van der Waals surface area contributed by atoms with E-state index in [1.54, 1.807) is 23.1 Å². The number of hydrogen-bond acceptors (Lipinski definition) is 6. The maximum Gasteiger partial charge on any atom is 0.338 e. The summed E-state index contributed by atoms with van der Waals surface area (Å²) in [5.41, 5.74) is 2.77. The van der Waals surface area contributed by atoms with Gasteiger partial charge in [0.05, 0.1) is 11.1 Å². The van der Waals surface area contributed by atoms with Crippen LogP contribution in [-0.4, -0.2) is 35.8 Å². The summed E-state index contributed by atoms with van der Waals surface area (Å²) < 4.78 is 5.19. The van der Waals surface area contributed by atoms with Crippen molar-refractivity contribution >= 4 is 34.1 Å². The molecule has 1 saturated heterocycles. The number of carbonyl (C=O) groups excluding carboxylic acids is 3. The van der Waals surface area contributed by atoms with E-state index < -0.39 is 18.5 Å². The Morgan fingerprint density at radius 2 is 2.00 bits per heavy atom. The lowest BCUT2D eigenvalue weighted by Crippen LogP contribution is -2.24. The molecule has 4 rings (SSSR count). The van der Waals surface area contributed by atoms with E-state index >= 15 is 0 Å². The maximum absolute atomic E-state index is 12.4. The SMILES string of the molecule is N#Cc1c(NC(=O)COC(=O)c2cccc(CN3CCCC3=O)c2)sc2c1CCCCC2. The largest absolute Gasteiger partial charge is 0.452 e. The van der Waals surface area contributed by atoms with Crippen molar-refractivity contribution in [2.75, 3.05) is 18.5 Å². The van der Waals surface area contributed by atoms with E-state index in [9.17, 15) is 19.6 Å². The average Bonchev–Trinajstić information content (AvgIpc) is 3.25. The predicted octanol–water partition coefficient (Wildman–Crippen LogP) is 3.81. The van der Waals surface area contributed by atoms with Crippen molar-refractivity contribution in [2.24, 2.45) is 0 Å². The van der Waals surface area contributed by atoms with E-state index in [0.717, 1.165) is 56.2 Å². The zero-order valence-electron chi connectivity index (χ0n) is 17.8. The van der Waals surface area contributed by atoms with Gasteiger partial charge in [0.2, 0.25) is 5.91 Å². The number of nitrogens with one attached hydrogen (secondary N) is 1. The number of rotatable bonds is 6. The number of nitriles is 1. The summed E-state index contributed by atoms with van der Waals surface area (Å²) in [6.45, 7) is 0.756. The summed E-state index contributed by atoms with van der Waals surface area (Å²) in [5, 5.41) is 12.9. The number of anilines is 1. The van der Waals surface area contributed by atoms with E-state index in [-0.39, 0.29) is 5.91 Å². The van der Waals surface area contributed by atoms with Gasteiger partial charge in [-0.05, 0) is 55.4 Å². The summed E-state index contributed by atoms with van der Waals surface area (Å²) in [6.07, 6.45) is 6.51. The molecule has 1 aromatic heterocycles. The molecule has 0 spiro atoms. The molecule has 1 N–H and O–H groups in total. The molecular formula is C24H25N3O4S. The van der Waals surface area contributed by atoms with Gasteiger partial charge in [-0.2, -0.15) is 5.26 Å². The Balaban J connectivity index is 1.35. The molecule has 0 bridgehead atoms. The Morgan fingerprint density at radius 3 is 2.78 bits per heavy atom. The van der Waals surface area contributed by atoms with Crippen LogP contribution in [0.1, 0.15) is 64.0 Å². The van der Waals surface area contributed by atoms with Crippen molar-refractivity contribution in [2.45, 2.75) is 51.5 Å². The lowest BCUT2D eigenvalue weighted by molar-refractivity contribution is -0.128. The third-order valence-corrected chi connectivity index (χ3v) is 7.04. The van der Waals surface area contributed by atoms with Crippen molar-refractivity contribution in [1.29, 1.82) is 5.26 Å². The minimum absolute atomic E-state index is 0.122. The van der Waals surface area contributed by atoms with Gasteiger partial charge in [-0.1, -0.05) is 18.6 Å². The van der Waals surface area contributed by atoms with Gasteiger partial charge in [-0.3, -0.25) is 9.59 Å². The first-order valence-corrected chi connectivity index (χ1v) is 11.7. The highest BCUT2D eigenvalue weighted by atomic mass is 32.1. The number of benzene rings is 1. The van der Waals surface area contributed by atoms with Crippen LogP contribution in [0.4, 0.5) is 5.00 Å².